The summed E-state index contributed by atoms with van der Waals surface area (Å²) in [6.45, 7) is -3.42. The van der Waals surface area contributed by atoms with Crippen LogP contribution in [0.1, 0.15) is 13.8 Å². The highest BCUT2D eigenvalue weighted by molar-refractivity contribution is 5.25. The smallest absolute Gasteiger partial charge is 0.186 e. The molecule has 118 valence electrons. The van der Waals surface area contributed by atoms with Crippen molar-refractivity contribution in [2.24, 2.45) is 0 Å². The molecule has 1 aromatic rings. The SMILES string of the molecule is [2H]c1c([2H])c(CC([2H])([2H])O[C@H]2OC(CO)[C@@H](O)C(O)[C@H]2O)c([2H])c([2H])c1O. The van der Waals surface area contributed by atoms with E-state index in [-0.39, 0.29) is 5.56 Å². The van der Waals surface area contributed by atoms with Crippen molar-refractivity contribution in [3.05, 3.63) is 29.7 Å². The Labute approximate surface area is 130 Å². The Morgan fingerprint density at radius 1 is 1.14 bits per heavy atom. The topological polar surface area (TPSA) is 120 Å². The molecule has 1 fully saturated rings. The predicted octanol–water partition coefficient (Wildman–Crippen LogP) is -1.25. The zero-order chi connectivity index (χ0) is 20.7. The second kappa shape index (κ2) is 7.17. The summed E-state index contributed by atoms with van der Waals surface area (Å²) < 4.78 is 56.5. The number of hydrogen-bond acceptors (Lipinski definition) is 7. The zero-order valence-electron chi connectivity index (χ0n) is 16.9. The Morgan fingerprint density at radius 2 is 1.81 bits per heavy atom. The van der Waals surface area contributed by atoms with Crippen LogP contribution in [0.5, 0.6) is 5.75 Å². The van der Waals surface area contributed by atoms with Crippen LogP contribution >= 0.6 is 0 Å². The first-order chi connectivity index (χ1) is 12.4. The van der Waals surface area contributed by atoms with E-state index < -0.39 is 80.2 Å². The molecule has 7 heteroatoms. The maximum atomic E-state index is 9.91. The van der Waals surface area contributed by atoms with Gasteiger partial charge in [0.1, 0.15) is 30.2 Å². The Bertz CT molecular complexity index is 672. The molecule has 1 saturated heterocycles. The van der Waals surface area contributed by atoms with E-state index >= 15 is 0 Å². The molecule has 0 spiro atoms. The van der Waals surface area contributed by atoms with Gasteiger partial charge in [0, 0.05) is 0 Å². The molecule has 0 saturated carbocycles. The van der Waals surface area contributed by atoms with Crippen LogP contribution in [0.4, 0.5) is 0 Å². The highest BCUT2D eigenvalue weighted by Crippen LogP contribution is 2.22. The summed E-state index contributed by atoms with van der Waals surface area (Å²) in [6.07, 6.45) is -9.15. The third-order valence-corrected chi connectivity index (χ3v) is 2.96. The van der Waals surface area contributed by atoms with Gasteiger partial charge in [0.05, 0.1) is 21.4 Å². The lowest BCUT2D eigenvalue weighted by Gasteiger charge is -2.39. The number of aliphatic hydroxyl groups is 4. The number of phenols is 1. The molecule has 0 bridgehead atoms. The van der Waals surface area contributed by atoms with E-state index in [9.17, 15) is 20.4 Å². The summed E-state index contributed by atoms with van der Waals surface area (Å²) in [4.78, 5) is 0. The Balaban J connectivity index is 2.25. The fourth-order valence-corrected chi connectivity index (χ4v) is 1.78. The number of aromatic hydroxyl groups is 1. The van der Waals surface area contributed by atoms with E-state index in [4.69, 9.17) is 22.8 Å². The number of aliphatic hydroxyl groups excluding tert-OH is 4. The standard InChI is InChI=1S/C14H20O7/c15-7-10-11(17)12(18)13(19)14(21-10)20-6-5-8-1-3-9(16)4-2-8/h1-4,10-19H,5-7H2/t10?,11-,12?,13-,14+/m1/s1/i1D,2D,3D,4D,6D2. The molecule has 5 atom stereocenters. The molecule has 0 amide bonds. The number of phenolic OH excluding ortho intramolecular Hbond substituents is 1. The fraction of sp³-hybridized carbons (Fsp3) is 0.571. The van der Waals surface area contributed by atoms with E-state index in [0.717, 1.165) is 0 Å². The summed E-state index contributed by atoms with van der Waals surface area (Å²) in [7, 11) is 0. The molecule has 2 unspecified atom stereocenters. The van der Waals surface area contributed by atoms with E-state index in [2.05, 4.69) is 0 Å². The van der Waals surface area contributed by atoms with E-state index in [1.165, 1.54) is 0 Å². The number of hydrogen-bond donors (Lipinski definition) is 5. The quantitative estimate of drug-likeness (QED) is 0.461. The summed E-state index contributed by atoms with van der Waals surface area (Å²) >= 11 is 0. The van der Waals surface area contributed by atoms with Gasteiger partial charge in [0.15, 0.2) is 6.29 Å². The van der Waals surface area contributed by atoms with Crippen molar-refractivity contribution in [1.82, 2.24) is 0 Å². The molecular formula is C14H20O7. The molecule has 1 aliphatic rings. The lowest BCUT2D eigenvalue weighted by molar-refractivity contribution is -0.300. The first-order valence-electron chi connectivity index (χ1n) is 9.17. The summed E-state index contributed by atoms with van der Waals surface area (Å²) in [5, 5.41) is 48.0. The minimum atomic E-state index is -2.69. The maximum Gasteiger partial charge on any atom is 0.186 e. The second-order valence-electron chi connectivity index (χ2n) is 4.46. The zero-order valence-corrected chi connectivity index (χ0v) is 10.9. The molecule has 0 aliphatic carbocycles. The minimum Gasteiger partial charge on any atom is -0.508 e. The second-order valence-corrected chi connectivity index (χ2v) is 4.46. The first kappa shape index (κ1) is 9.73. The van der Waals surface area contributed by atoms with Crippen molar-refractivity contribution >= 4 is 0 Å². The molecule has 1 aliphatic heterocycles. The van der Waals surface area contributed by atoms with E-state index in [0.29, 0.717) is 0 Å². The van der Waals surface area contributed by atoms with Gasteiger partial charge in [-0.25, -0.2) is 0 Å². The van der Waals surface area contributed by atoms with Gasteiger partial charge in [-0.1, -0.05) is 12.1 Å². The van der Waals surface area contributed by atoms with Crippen molar-refractivity contribution in [2.75, 3.05) is 13.2 Å². The van der Waals surface area contributed by atoms with Crippen LogP contribution in [0, 0.1) is 0 Å². The third kappa shape index (κ3) is 3.91. The van der Waals surface area contributed by atoms with Crippen LogP contribution in [0.2, 0.25) is 0 Å². The number of benzene rings is 1. The average molecular weight is 306 g/mol. The molecule has 7 nitrogen and oxygen atoms in total. The summed E-state index contributed by atoms with van der Waals surface area (Å²) in [5.41, 5.74) is -0.377. The van der Waals surface area contributed by atoms with Gasteiger partial charge < -0.3 is 35.0 Å². The first-order valence-corrected chi connectivity index (χ1v) is 6.17. The van der Waals surface area contributed by atoms with Gasteiger partial charge in [-0.2, -0.15) is 0 Å². The van der Waals surface area contributed by atoms with Crippen LogP contribution in [-0.4, -0.2) is 69.4 Å². The Hall–Kier alpha value is -1.22. The molecule has 5 N–H and O–H groups in total. The van der Waals surface area contributed by atoms with Gasteiger partial charge in [-0.15, -0.1) is 0 Å². The third-order valence-electron chi connectivity index (χ3n) is 2.96. The predicted molar refractivity (Wildman–Crippen MR) is 71.5 cm³/mol. The monoisotopic (exact) mass is 306 g/mol. The summed E-state index contributed by atoms with van der Waals surface area (Å²) in [6, 6.07) is -2.80. The Morgan fingerprint density at radius 3 is 2.43 bits per heavy atom. The van der Waals surface area contributed by atoms with E-state index in [1.807, 2.05) is 0 Å². The van der Waals surface area contributed by atoms with Crippen LogP contribution in [0.3, 0.4) is 0 Å². The molecular weight excluding hydrogens is 280 g/mol. The minimum absolute atomic E-state index is 0.377. The lowest BCUT2D eigenvalue weighted by Crippen LogP contribution is -2.59. The molecule has 0 aromatic heterocycles. The van der Waals surface area contributed by atoms with Crippen LogP contribution < -0.4 is 0 Å². The normalized spacial score (nSPS) is 37.8. The average Bonchev–Trinajstić information content (AvgIpc) is 2.62. The Kier molecular flexibility index (Phi) is 3.32. The molecule has 2 rings (SSSR count). The molecule has 0 radical (unpaired) electrons. The van der Waals surface area contributed by atoms with Gasteiger partial charge >= 0.3 is 0 Å². The van der Waals surface area contributed by atoms with Gasteiger partial charge in [-0.3, -0.25) is 0 Å². The summed E-state index contributed by atoms with van der Waals surface area (Å²) in [5.74, 6) is -0.871. The maximum absolute atomic E-state index is 9.91. The number of ether oxygens (including phenoxy) is 2. The lowest BCUT2D eigenvalue weighted by atomic mass is 9.99. The highest BCUT2D eigenvalue weighted by atomic mass is 16.7. The van der Waals surface area contributed by atoms with Crippen molar-refractivity contribution in [3.8, 4) is 5.75 Å². The largest absolute Gasteiger partial charge is 0.508 e. The highest BCUT2D eigenvalue weighted by Gasteiger charge is 2.43. The number of rotatable bonds is 5. The molecule has 21 heavy (non-hydrogen) atoms. The molecule has 1 heterocycles. The molecule has 1 aromatic carbocycles. The van der Waals surface area contributed by atoms with Crippen molar-refractivity contribution < 1.29 is 43.2 Å². The van der Waals surface area contributed by atoms with Crippen molar-refractivity contribution in [3.63, 3.8) is 0 Å². The van der Waals surface area contributed by atoms with Gasteiger partial charge in [0.2, 0.25) is 0 Å². The van der Waals surface area contributed by atoms with Crippen LogP contribution in [-0.2, 0) is 15.9 Å². The van der Waals surface area contributed by atoms with Crippen LogP contribution in [0.25, 0.3) is 0 Å². The van der Waals surface area contributed by atoms with Gasteiger partial charge in [-0.05, 0) is 24.1 Å². The van der Waals surface area contributed by atoms with Crippen molar-refractivity contribution in [2.45, 2.75) is 37.1 Å². The van der Waals surface area contributed by atoms with Crippen LogP contribution in [0.15, 0.2) is 24.2 Å². The van der Waals surface area contributed by atoms with Gasteiger partial charge in [0.25, 0.3) is 0 Å². The fourth-order valence-electron chi connectivity index (χ4n) is 1.78. The van der Waals surface area contributed by atoms with Crippen molar-refractivity contribution in [1.29, 1.82) is 0 Å². The van der Waals surface area contributed by atoms with E-state index in [1.54, 1.807) is 0 Å².